The molecule has 1 spiro atoms. The molecule has 2 aliphatic heterocycles. The van der Waals surface area contributed by atoms with Crippen molar-refractivity contribution in [2.75, 3.05) is 0 Å². The third kappa shape index (κ3) is 4.17. The summed E-state index contributed by atoms with van der Waals surface area (Å²) in [6.07, 6.45) is -0.969. The number of rotatable bonds is 9. The van der Waals surface area contributed by atoms with Gasteiger partial charge in [-0.15, -0.1) is 0 Å². The van der Waals surface area contributed by atoms with E-state index in [1.807, 2.05) is 27.7 Å². The maximum absolute atomic E-state index is 13.6. The smallest absolute Gasteiger partial charge is 0.189 e. The number of phenols is 2. The summed E-state index contributed by atoms with van der Waals surface area (Å²) in [6.45, 7) is 7.66. The van der Waals surface area contributed by atoms with Gasteiger partial charge in [0.2, 0.25) is 0 Å². The highest BCUT2D eigenvalue weighted by molar-refractivity contribution is 6.04. The van der Waals surface area contributed by atoms with Crippen molar-refractivity contribution in [2.45, 2.75) is 90.0 Å². The lowest BCUT2D eigenvalue weighted by atomic mass is 9.80. The number of aldehydes is 1. The molecule has 178 valence electrons. The van der Waals surface area contributed by atoms with E-state index in [1.54, 1.807) is 0 Å². The number of aliphatic hydroxyl groups is 2. The van der Waals surface area contributed by atoms with Crippen LogP contribution in [0.5, 0.6) is 11.5 Å². The zero-order valence-corrected chi connectivity index (χ0v) is 19.1. The Balaban J connectivity index is 1.94. The van der Waals surface area contributed by atoms with Crippen molar-refractivity contribution < 1.29 is 39.5 Å². The summed E-state index contributed by atoms with van der Waals surface area (Å²) >= 11 is 0. The van der Waals surface area contributed by atoms with E-state index >= 15 is 0 Å². The highest BCUT2D eigenvalue weighted by Crippen LogP contribution is 2.50. The molecule has 0 radical (unpaired) electrons. The number of hydrogen-bond acceptors (Lipinski definition) is 8. The third-order valence-corrected chi connectivity index (χ3v) is 6.61. The molecule has 0 aliphatic carbocycles. The number of ketones is 1. The fourth-order valence-corrected chi connectivity index (χ4v) is 4.91. The van der Waals surface area contributed by atoms with Crippen molar-refractivity contribution in [3.8, 4) is 11.5 Å². The van der Waals surface area contributed by atoms with E-state index in [2.05, 4.69) is 0 Å². The lowest BCUT2D eigenvalue weighted by Crippen LogP contribution is -2.55. The van der Waals surface area contributed by atoms with Crippen LogP contribution in [0.1, 0.15) is 79.7 Å². The summed E-state index contributed by atoms with van der Waals surface area (Å²) in [5.41, 5.74) is -1.14. The zero-order chi connectivity index (χ0) is 23.8. The fourth-order valence-electron chi connectivity index (χ4n) is 4.91. The van der Waals surface area contributed by atoms with Crippen molar-refractivity contribution >= 4 is 12.1 Å². The van der Waals surface area contributed by atoms with Gasteiger partial charge in [0.15, 0.2) is 24.0 Å². The Kier molecular flexibility index (Phi) is 7.29. The van der Waals surface area contributed by atoms with Gasteiger partial charge in [0.1, 0.15) is 11.5 Å². The number of phenolic OH excluding ortho intramolecular Hbond substituents is 2. The molecule has 1 aromatic rings. The molecule has 2 saturated heterocycles. The van der Waals surface area contributed by atoms with E-state index in [0.29, 0.717) is 37.5 Å². The van der Waals surface area contributed by atoms with Crippen molar-refractivity contribution in [1.29, 1.82) is 0 Å². The molecule has 8 heteroatoms. The Morgan fingerprint density at radius 3 is 2.44 bits per heavy atom. The van der Waals surface area contributed by atoms with Crippen molar-refractivity contribution in [1.82, 2.24) is 0 Å². The Morgan fingerprint density at radius 2 is 1.94 bits per heavy atom. The Hall–Kier alpha value is -2.00. The molecule has 6 unspecified atom stereocenters. The van der Waals surface area contributed by atoms with Crippen molar-refractivity contribution in [2.24, 2.45) is 11.8 Å². The largest absolute Gasteiger partial charge is 0.507 e. The minimum atomic E-state index is -1.37. The van der Waals surface area contributed by atoms with Gasteiger partial charge >= 0.3 is 0 Å². The van der Waals surface area contributed by atoms with E-state index in [9.17, 15) is 30.0 Å². The molecule has 0 bridgehead atoms. The van der Waals surface area contributed by atoms with Crippen LogP contribution in [-0.4, -0.2) is 62.7 Å². The lowest BCUT2D eigenvalue weighted by Gasteiger charge is -2.39. The van der Waals surface area contributed by atoms with Crippen LogP contribution in [0.2, 0.25) is 0 Å². The number of ether oxygens (including phenoxy) is 2. The molecule has 0 aromatic heterocycles. The van der Waals surface area contributed by atoms with Gasteiger partial charge < -0.3 is 29.9 Å². The maximum atomic E-state index is 13.6. The highest BCUT2D eigenvalue weighted by atomic mass is 16.7. The Bertz CT molecular complexity index is 852. The van der Waals surface area contributed by atoms with E-state index in [1.165, 1.54) is 6.07 Å². The summed E-state index contributed by atoms with van der Waals surface area (Å²) in [7, 11) is 0. The van der Waals surface area contributed by atoms with E-state index in [-0.39, 0.29) is 35.3 Å². The topological polar surface area (TPSA) is 137 Å². The number of epoxide rings is 1. The summed E-state index contributed by atoms with van der Waals surface area (Å²) in [5, 5.41) is 42.3. The summed E-state index contributed by atoms with van der Waals surface area (Å²) in [5.74, 6) is -1.97. The van der Waals surface area contributed by atoms with Crippen LogP contribution < -0.4 is 0 Å². The molecule has 4 N–H and O–H groups in total. The standard InChI is InChI=1S/C24H34O8/c1-5-7-14(17-10-18(26)24(23(30)31-17)19(6-2)32-24)21(28)15-9-13(8-12(3)4)20(27)16(11-25)22(15)29/h9,11-12,14,17-19,23,26-27,29-30H,5-8,10H2,1-4H3. The molecule has 8 nitrogen and oxygen atoms in total. The summed E-state index contributed by atoms with van der Waals surface area (Å²) < 4.78 is 11.3. The predicted molar refractivity (Wildman–Crippen MR) is 116 cm³/mol. The molecule has 2 fully saturated rings. The fraction of sp³-hybridized carbons (Fsp3) is 0.667. The third-order valence-electron chi connectivity index (χ3n) is 6.61. The molecule has 2 aliphatic rings. The first-order valence-corrected chi connectivity index (χ1v) is 11.4. The van der Waals surface area contributed by atoms with Crippen LogP contribution in [0, 0.1) is 11.8 Å². The lowest BCUT2D eigenvalue weighted by molar-refractivity contribution is -0.239. The Labute approximate surface area is 188 Å². The number of carbonyl (C=O) groups excluding carboxylic acids is 2. The first kappa shape index (κ1) is 24.6. The first-order chi connectivity index (χ1) is 15.1. The molecular formula is C24H34O8. The molecule has 2 heterocycles. The van der Waals surface area contributed by atoms with Gasteiger partial charge in [-0.05, 0) is 36.8 Å². The van der Waals surface area contributed by atoms with Crippen LogP contribution in [0.3, 0.4) is 0 Å². The zero-order valence-electron chi connectivity index (χ0n) is 19.1. The molecule has 32 heavy (non-hydrogen) atoms. The Morgan fingerprint density at radius 1 is 1.25 bits per heavy atom. The number of aliphatic hydroxyl groups excluding tert-OH is 2. The molecule has 0 amide bonds. The highest BCUT2D eigenvalue weighted by Gasteiger charge is 2.68. The maximum Gasteiger partial charge on any atom is 0.189 e. The van der Waals surface area contributed by atoms with Crippen molar-refractivity contribution in [3.63, 3.8) is 0 Å². The second-order valence-corrected chi connectivity index (χ2v) is 9.32. The SMILES string of the molecule is CCCC(C(=O)c1cc(CC(C)C)c(O)c(C=O)c1O)C1CC(O)C2(OC2CC)C(O)O1. The molecule has 0 saturated carbocycles. The summed E-state index contributed by atoms with van der Waals surface area (Å²) in [4.78, 5) is 25.1. The van der Waals surface area contributed by atoms with Crippen LogP contribution in [0.4, 0.5) is 0 Å². The average Bonchev–Trinajstić information content (AvgIpc) is 3.48. The van der Waals surface area contributed by atoms with E-state index in [4.69, 9.17) is 9.47 Å². The minimum Gasteiger partial charge on any atom is -0.507 e. The van der Waals surface area contributed by atoms with Gasteiger partial charge in [0, 0.05) is 12.3 Å². The number of carbonyl (C=O) groups is 2. The van der Waals surface area contributed by atoms with Gasteiger partial charge in [-0.2, -0.15) is 0 Å². The number of hydrogen-bond donors (Lipinski definition) is 4. The minimum absolute atomic E-state index is 0.0685. The average molecular weight is 451 g/mol. The van der Waals surface area contributed by atoms with Crippen LogP contribution >= 0.6 is 0 Å². The summed E-state index contributed by atoms with van der Waals surface area (Å²) in [6, 6.07) is 1.43. The van der Waals surface area contributed by atoms with Crippen LogP contribution in [0.15, 0.2) is 6.07 Å². The van der Waals surface area contributed by atoms with Gasteiger partial charge in [-0.1, -0.05) is 34.1 Å². The normalized spacial score (nSPS) is 30.5. The monoisotopic (exact) mass is 450 g/mol. The van der Waals surface area contributed by atoms with Crippen LogP contribution in [-0.2, 0) is 15.9 Å². The van der Waals surface area contributed by atoms with Gasteiger partial charge in [-0.3, -0.25) is 9.59 Å². The predicted octanol–water partition coefficient (Wildman–Crippen LogP) is 2.72. The number of benzene rings is 1. The quantitative estimate of drug-likeness (QED) is 0.256. The molecule has 6 atom stereocenters. The number of Topliss-reactive ketones (excluding diaryl/α,β-unsaturated/α-hetero) is 1. The molecule has 1 aromatic carbocycles. The van der Waals surface area contributed by atoms with Gasteiger partial charge in [0.05, 0.1) is 29.4 Å². The van der Waals surface area contributed by atoms with Crippen molar-refractivity contribution in [3.05, 3.63) is 22.8 Å². The molecule has 3 rings (SSSR count). The van der Waals surface area contributed by atoms with Gasteiger partial charge in [-0.25, -0.2) is 0 Å². The second-order valence-electron chi connectivity index (χ2n) is 9.32. The van der Waals surface area contributed by atoms with E-state index in [0.717, 1.165) is 0 Å². The molecular weight excluding hydrogens is 416 g/mol. The van der Waals surface area contributed by atoms with Gasteiger partial charge in [0.25, 0.3) is 0 Å². The second kappa shape index (κ2) is 9.47. The first-order valence-electron chi connectivity index (χ1n) is 11.4. The number of aromatic hydroxyl groups is 2. The van der Waals surface area contributed by atoms with E-state index < -0.39 is 41.5 Å². The van der Waals surface area contributed by atoms with Crippen LogP contribution in [0.25, 0.3) is 0 Å².